The maximum absolute atomic E-state index is 12.8. The summed E-state index contributed by atoms with van der Waals surface area (Å²) >= 11 is 0. The highest BCUT2D eigenvalue weighted by Crippen LogP contribution is 2.16. The molecule has 0 aliphatic rings. The van der Waals surface area contributed by atoms with Crippen LogP contribution in [0.15, 0.2) is 5.11 Å². The molecule has 1 atom stereocenters. The van der Waals surface area contributed by atoms with Gasteiger partial charge in [-0.3, -0.25) is 0 Å². The summed E-state index contributed by atoms with van der Waals surface area (Å²) in [5, 5.41) is 11.6. The highest BCUT2D eigenvalue weighted by atomic mass is 19.1. The van der Waals surface area contributed by atoms with Crippen molar-refractivity contribution in [3.05, 3.63) is 10.4 Å². The van der Waals surface area contributed by atoms with Crippen LogP contribution in [0.3, 0.4) is 0 Å². The third kappa shape index (κ3) is 2.66. The van der Waals surface area contributed by atoms with Crippen LogP contribution >= 0.6 is 0 Å². The molecule has 0 rings (SSSR count). The van der Waals surface area contributed by atoms with E-state index < -0.39 is 18.3 Å². The minimum atomic E-state index is -1.65. The molecule has 10 heavy (non-hydrogen) atoms. The molecule has 0 amide bonds. The first-order chi connectivity index (χ1) is 4.52. The number of aliphatic hydroxyl groups is 1. The number of azide groups is 1. The second kappa shape index (κ2) is 3.39. The molecule has 58 valence electrons. The first-order valence-corrected chi connectivity index (χ1v) is 2.86. The summed E-state index contributed by atoms with van der Waals surface area (Å²) in [5.74, 6) is 0. The summed E-state index contributed by atoms with van der Waals surface area (Å²) in [6.07, 6.45) is 0. The van der Waals surface area contributed by atoms with E-state index in [1.165, 1.54) is 13.8 Å². The lowest BCUT2D eigenvalue weighted by Gasteiger charge is -2.19. The average molecular weight is 147 g/mol. The fraction of sp³-hybridized carbons (Fsp3) is 1.00. The molecule has 0 saturated carbocycles. The predicted octanol–water partition coefficient (Wildman–Crippen LogP) is 1.41. The van der Waals surface area contributed by atoms with Gasteiger partial charge in [-0.1, -0.05) is 5.11 Å². The molecule has 0 aromatic rings. The number of aliphatic hydroxyl groups excluding tert-OH is 1. The van der Waals surface area contributed by atoms with E-state index in [-0.39, 0.29) is 0 Å². The van der Waals surface area contributed by atoms with Crippen molar-refractivity contribution in [1.29, 1.82) is 0 Å². The predicted molar refractivity (Wildman–Crippen MR) is 35.2 cm³/mol. The van der Waals surface area contributed by atoms with E-state index in [0.29, 0.717) is 0 Å². The fourth-order valence-electron chi connectivity index (χ4n) is 0.453. The second-order valence-corrected chi connectivity index (χ2v) is 2.47. The summed E-state index contributed by atoms with van der Waals surface area (Å²) in [6.45, 7) is 2.04. The molecule has 0 fully saturated rings. The number of rotatable bonds is 3. The van der Waals surface area contributed by atoms with Crippen molar-refractivity contribution < 1.29 is 9.50 Å². The Balaban J connectivity index is 4.20. The topological polar surface area (TPSA) is 69.0 Å². The molecule has 0 bridgehead atoms. The van der Waals surface area contributed by atoms with E-state index >= 15 is 0 Å². The molecule has 0 heterocycles. The van der Waals surface area contributed by atoms with Gasteiger partial charge in [-0.15, -0.1) is 0 Å². The zero-order valence-electron chi connectivity index (χ0n) is 5.95. The molecule has 1 N–H and O–H groups in total. The van der Waals surface area contributed by atoms with Crippen molar-refractivity contribution in [2.45, 2.75) is 25.6 Å². The molecule has 0 saturated heterocycles. The van der Waals surface area contributed by atoms with Crippen LogP contribution in [0.2, 0.25) is 0 Å². The maximum atomic E-state index is 12.8. The molecule has 0 aliphatic carbocycles. The standard InChI is InChI=1S/C5H10FN3O/c1-5(2,6)4(3-10)8-9-7/h4,10H,3H2,1-2H3. The highest BCUT2D eigenvalue weighted by molar-refractivity contribution is 4.83. The summed E-state index contributed by atoms with van der Waals surface area (Å²) in [6, 6.07) is -0.988. The van der Waals surface area contributed by atoms with Gasteiger partial charge in [-0.05, 0) is 19.4 Å². The third-order valence-corrected chi connectivity index (χ3v) is 1.16. The fourth-order valence-corrected chi connectivity index (χ4v) is 0.453. The smallest absolute Gasteiger partial charge is 0.116 e. The van der Waals surface area contributed by atoms with Crippen molar-refractivity contribution in [2.24, 2.45) is 5.11 Å². The molecule has 5 heteroatoms. The van der Waals surface area contributed by atoms with Crippen molar-refractivity contribution in [2.75, 3.05) is 6.61 Å². The zero-order chi connectivity index (χ0) is 8.20. The zero-order valence-corrected chi connectivity index (χ0v) is 5.95. The van der Waals surface area contributed by atoms with Crippen molar-refractivity contribution >= 4 is 0 Å². The van der Waals surface area contributed by atoms with E-state index in [9.17, 15) is 4.39 Å². The third-order valence-electron chi connectivity index (χ3n) is 1.16. The lowest BCUT2D eigenvalue weighted by atomic mass is 10.0. The minimum absolute atomic E-state index is 0.465. The Labute approximate surface area is 58.3 Å². The van der Waals surface area contributed by atoms with Gasteiger partial charge in [0.2, 0.25) is 0 Å². The lowest BCUT2D eigenvalue weighted by Crippen LogP contribution is -2.32. The monoisotopic (exact) mass is 147 g/mol. The quantitative estimate of drug-likeness (QED) is 0.366. The average Bonchev–Trinajstić information content (AvgIpc) is 1.80. The Morgan fingerprint density at radius 3 is 2.40 bits per heavy atom. The van der Waals surface area contributed by atoms with Gasteiger partial charge in [-0.2, -0.15) is 0 Å². The summed E-state index contributed by atoms with van der Waals surface area (Å²) in [7, 11) is 0. The van der Waals surface area contributed by atoms with Crippen molar-refractivity contribution in [3.63, 3.8) is 0 Å². The number of hydrogen-bond acceptors (Lipinski definition) is 2. The van der Waals surface area contributed by atoms with Gasteiger partial charge in [-0.25, -0.2) is 4.39 Å². The maximum Gasteiger partial charge on any atom is 0.116 e. The molecular weight excluding hydrogens is 137 g/mol. The summed E-state index contributed by atoms with van der Waals surface area (Å²) < 4.78 is 12.8. The normalized spacial score (nSPS) is 14.0. The van der Waals surface area contributed by atoms with Gasteiger partial charge in [0.05, 0.1) is 12.6 Å². The van der Waals surface area contributed by atoms with Gasteiger partial charge >= 0.3 is 0 Å². The van der Waals surface area contributed by atoms with E-state index in [1.54, 1.807) is 0 Å². The van der Waals surface area contributed by atoms with Gasteiger partial charge in [0.1, 0.15) is 5.67 Å². The molecule has 1 unspecified atom stereocenters. The van der Waals surface area contributed by atoms with Gasteiger partial charge in [0.15, 0.2) is 0 Å². The van der Waals surface area contributed by atoms with E-state index in [2.05, 4.69) is 10.0 Å². The Morgan fingerprint density at radius 1 is 1.80 bits per heavy atom. The van der Waals surface area contributed by atoms with E-state index in [1.807, 2.05) is 0 Å². The van der Waals surface area contributed by atoms with Crippen LogP contribution in [0.1, 0.15) is 13.8 Å². The number of hydrogen-bond donors (Lipinski definition) is 1. The number of alkyl halides is 1. The van der Waals surface area contributed by atoms with Gasteiger partial charge < -0.3 is 5.11 Å². The first kappa shape index (κ1) is 9.20. The number of nitrogens with zero attached hydrogens (tertiary/aromatic N) is 3. The van der Waals surface area contributed by atoms with Crippen molar-refractivity contribution in [1.82, 2.24) is 0 Å². The second-order valence-electron chi connectivity index (χ2n) is 2.47. The Hall–Kier alpha value is -0.800. The molecule has 0 aromatic heterocycles. The molecule has 0 spiro atoms. The Morgan fingerprint density at radius 2 is 2.30 bits per heavy atom. The number of halogens is 1. The van der Waals surface area contributed by atoms with Crippen LogP contribution in [0, 0.1) is 0 Å². The van der Waals surface area contributed by atoms with Crippen LogP contribution in [0.4, 0.5) is 4.39 Å². The molecule has 0 aliphatic heterocycles. The molecular formula is C5H10FN3O. The largest absolute Gasteiger partial charge is 0.396 e. The summed E-state index contributed by atoms with van der Waals surface area (Å²) in [5.41, 5.74) is 6.26. The minimum Gasteiger partial charge on any atom is -0.396 e. The lowest BCUT2D eigenvalue weighted by molar-refractivity contribution is 0.122. The van der Waals surface area contributed by atoms with Crippen LogP contribution < -0.4 is 0 Å². The van der Waals surface area contributed by atoms with E-state index in [0.717, 1.165) is 0 Å². The van der Waals surface area contributed by atoms with Gasteiger partial charge in [0, 0.05) is 4.91 Å². The Kier molecular flexibility index (Phi) is 3.12. The summed E-state index contributed by atoms with van der Waals surface area (Å²) in [4.78, 5) is 2.40. The first-order valence-electron chi connectivity index (χ1n) is 2.86. The van der Waals surface area contributed by atoms with Crippen LogP contribution in [-0.2, 0) is 0 Å². The molecule has 4 nitrogen and oxygen atoms in total. The van der Waals surface area contributed by atoms with E-state index in [4.69, 9.17) is 10.6 Å². The SMILES string of the molecule is CC(C)(F)C(CO)N=[N+]=[N-]. The Bertz CT molecular complexity index is 147. The van der Waals surface area contributed by atoms with Crippen LogP contribution in [0.5, 0.6) is 0 Å². The molecule has 0 radical (unpaired) electrons. The van der Waals surface area contributed by atoms with Crippen LogP contribution in [-0.4, -0.2) is 23.4 Å². The highest BCUT2D eigenvalue weighted by Gasteiger charge is 2.26. The van der Waals surface area contributed by atoms with Gasteiger partial charge in [0.25, 0.3) is 0 Å². The van der Waals surface area contributed by atoms with Crippen LogP contribution in [0.25, 0.3) is 10.4 Å². The molecule has 0 aromatic carbocycles. The van der Waals surface area contributed by atoms with Crippen molar-refractivity contribution in [3.8, 4) is 0 Å².